The van der Waals surface area contributed by atoms with Crippen LogP contribution in [-0.4, -0.2) is 63.3 Å². The highest BCUT2D eigenvalue weighted by Gasteiger charge is 2.43. The molecule has 3 heterocycles. The molecule has 3 N–H and O–H groups in total. The number of nitrogens with one attached hydrogen (secondary N) is 1. The number of halogens is 4. The van der Waals surface area contributed by atoms with Crippen molar-refractivity contribution < 1.29 is 37.4 Å². The lowest BCUT2D eigenvalue weighted by Crippen LogP contribution is -2.46. The number of anilines is 2. The number of hydrogen-bond acceptors (Lipinski definition) is 6. The van der Waals surface area contributed by atoms with E-state index in [0.717, 1.165) is 37.4 Å². The fourth-order valence-corrected chi connectivity index (χ4v) is 4.57. The number of likely N-dealkylation sites (tertiary alicyclic amines) is 1. The van der Waals surface area contributed by atoms with E-state index in [1.54, 1.807) is 18.3 Å². The number of aromatic hydroxyl groups is 1. The minimum Gasteiger partial charge on any atom is -0.508 e. The van der Waals surface area contributed by atoms with Crippen LogP contribution in [0.2, 0.25) is 0 Å². The van der Waals surface area contributed by atoms with E-state index in [4.69, 9.17) is 9.90 Å². The molecule has 0 aliphatic carbocycles. The molecule has 5 rings (SSSR count). The van der Waals surface area contributed by atoms with E-state index in [2.05, 4.69) is 20.1 Å². The van der Waals surface area contributed by atoms with Crippen LogP contribution in [0.5, 0.6) is 5.75 Å². The number of pyridine rings is 1. The van der Waals surface area contributed by atoms with Crippen LogP contribution in [0.3, 0.4) is 0 Å². The van der Waals surface area contributed by atoms with E-state index < -0.39 is 12.1 Å². The molecule has 38 heavy (non-hydrogen) atoms. The predicted molar refractivity (Wildman–Crippen MR) is 130 cm³/mol. The second-order valence-corrected chi connectivity index (χ2v) is 8.96. The van der Waals surface area contributed by atoms with Crippen molar-refractivity contribution in [2.75, 3.05) is 23.3 Å². The molecule has 2 saturated heterocycles. The molecular weight excluding hydrogens is 508 g/mol. The number of carbonyl (C=O) groups is 2. The number of alkyl halides is 3. The van der Waals surface area contributed by atoms with Crippen molar-refractivity contribution in [1.82, 2.24) is 9.88 Å². The van der Waals surface area contributed by atoms with Gasteiger partial charge in [0.2, 0.25) is 0 Å². The van der Waals surface area contributed by atoms with Gasteiger partial charge in [-0.15, -0.1) is 0 Å². The van der Waals surface area contributed by atoms with Crippen molar-refractivity contribution in [3.05, 3.63) is 83.8 Å². The zero-order chi connectivity index (χ0) is 27.4. The minimum atomic E-state index is -5.08. The summed E-state index contributed by atoms with van der Waals surface area (Å²) in [5.41, 5.74) is 2.18. The molecule has 2 unspecified atom stereocenters. The third-order valence-electron chi connectivity index (χ3n) is 6.30. The molecule has 200 valence electrons. The number of hydrogen-bond donors (Lipinski definition) is 3. The topological polar surface area (TPSA) is 106 Å². The zero-order valence-corrected chi connectivity index (χ0v) is 19.9. The van der Waals surface area contributed by atoms with E-state index in [0.29, 0.717) is 29.1 Å². The van der Waals surface area contributed by atoms with Gasteiger partial charge in [0.25, 0.3) is 5.91 Å². The summed E-state index contributed by atoms with van der Waals surface area (Å²) in [6.45, 7) is 2.64. The SMILES string of the molecule is O=C(Nc1ccnc(N2CC3CC2CN3Cc2cccc(O)c2)c1)c1ccc(F)cc1.O=C(O)C(F)(F)F. The normalized spacial score (nSPS) is 18.6. The molecule has 2 bridgehead atoms. The van der Waals surface area contributed by atoms with Crippen molar-refractivity contribution >= 4 is 23.4 Å². The molecule has 2 fully saturated rings. The van der Waals surface area contributed by atoms with E-state index in [9.17, 15) is 27.5 Å². The van der Waals surface area contributed by atoms with Gasteiger partial charge in [-0.2, -0.15) is 13.2 Å². The maximum Gasteiger partial charge on any atom is 0.490 e. The summed E-state index contributed by atoms with van der Waals surface area (Å²) in [6, 6.07) is 17.4. The number of rotatable bonds is 5. The number of carboxylic acid groups (broad SMARTS) is 1. The number of aromatic nitrogens is 1. The van der Waals surface area contributed by atoms with Crippen LogP contribution in [0.25, 0.3) is 0 Å². The number of benzene rings is 2. The number of carbonyl (C=O) groups excluding carboxylic acids is 1. The first kappa shape index (κ1) is 26.9. The number of carboxylic acids is 1. The molecule has 2 aromatic carbocycles. The highest BCUT2D eigenvalue weighted by molar-refractivity contribution is 6.04. The molecule has 2 aliphatic rings. The van der Waals surface area contributed by atoms with Crippen LogP contribution in [0, 0.1) is 5.82 Å². The molecule has 2 atom stereocenters. The number of aliphatic carboxylic acids is 1. The Morgan fingerprint density at radius 3 is 2.34 bits per heavy atom. The second kappa shape index (κ2) is 11.1. The third kappa shape index (κ3) is 6.57. The lowest BCUT2D eigenvalue weighted by molar-refractivity contribution is -0.192. The first-order valence-corrected chi connectivity index (χ1v) is 11.6. The average Bonchev–Trinajstić information content (AvgIpc) is 3.45. The quantitative estimate of drug-likeness (QED) is 0.422. The molecule has 1 amide bonds. The van der Waals surface area contributed by atoms with E-state index in [1.165, 1.54) is 24.3 Å². The number of amides is 1. The van der Waals surface area contributed by atoms with E-state index in [-0.39, 0.29) is 11.7 Å². The van der Waals surface area contributed by atoms with Crippen LogP contribution < -0.4 is 10.2 Å². The van der Waals surface area contributed by atoms with Crippen molar-refractivity contribution in [2.45, 2.75) is 31.2 Å². The maximum atomic E-state index is 13.1. The second-order valence-electron chi connectivity index (χ2n) is 8.96. The first-order valence-electron chi connectivity index (χ1n) is 11.6. The highest BCUT2D eigenvalue weighted by atomic mass is 19.4. The molecule has 1 aromatic heterocycles. The van der Waals surface area contributed by atoms with Crippen molar-refractivity contribution in [1.29, 1.82) is 0 Å². The highest BCUT2D eigenvalue weighted by Crippen LogP contribution is 2.35. The van der Waals surface area contributed by atoms with Gasteiger partial charge in [0, 0.05) is 55.2 Å². The number of phenols is 1. The van der Waals surface area contributed by atoms with Gasteiger partial charge in [-0.25, -0.2) is 14.2 Å². The van der Waals surface area contributed by atoms with Crippen molar-refractivity contribution in [2.24, 2.45) is 0 Å². The van der Waals surface area contributed by atoms with Gasteiger partial charge in [-0.05, 0) is 54.4 Å². The van der Waals surface area contributed by atoms with Crippen LogP contribution in [0.15, 0.2) is 66.9 Å². The summed E-state index contributed by atoms with van der Waals surface area (Å²) in [7, 11) is 0. The van der Waals surface area contributed by atoms with E-state index in [1.807, 2.05) is 24.3 Å². The van der Waals surface area contributed by atoms with Crippen molar-refractivity contribution in [3.63, 3.8) is 0 Å². The van der Waals surface area contributed by atoms with Gasteiger partial charge in [-0.1, -0.05) is 12.1 Å². The minimum absolute atomic E-state index is 0.280. The predicted octanol–water partition coefficient (Wildman–Crippen LogP) is 4.28. The van der Waals surface area contributed by atoms with Gasteiger partial charge in [0.15, 0.2) is 0 Å². The van der Waals surface area contributed by atoms with Crippen LogP contribution in [-0.2, 0) is 11.3 Å². The van der Waals surface area contributed by atoms with Gasteiger partial charge < -0.3 is 20.4 Å². The number of phenolic OH excluding ortho intramolecular Hbond substituents is 1. The van der Waals surface area contributed by atoms with Crippen molar-refractivity contribution in [3.8, 4) is 5.75 Å². The molecule has 0 saturated carbocycles. The van der Waals surface area contributed by atoms with Gasteiger partial charge in [-0.3, -0.25) is 9.69 Å². The Labute approximate surface area is 215 Å². The van der Waals surface area contributed by atoms with Crippen LogP contribution in [0.1, 0.15) is 22.3 Å². The Kier molecular flexibility index (Phi) is 7.81. The monoisotopic (exact) mass is 532 g/mol. The Bertz CT molecular complexity index is 1300. The van der Waals surface area contributed by atoms with Gasteiger partial charge >= 0.3 is 12.1 Å². The smallest absolute Gasteiger partial charge is 0.490 e. The Hall–Kier alpha value is -4.19. The summed E-state index contributed by atoms with van der Waals surface area (Å²) in [5.74, 6) is -2.26. The Balaban J connectivity index is 0.000000426. The first-order chi connectivity index (χ1) is 18.0. The molecule has 8 nitrogen and oxygen atoms in total. The number of nitrogens with zero attached hydrogens (tertiary/aromatic N) is 3. The lowest BCUT2D eigenvalue weighted by atomic mass is 10.2. The Morgan fingerprint density at radius 2 is 1.74 bits per heavy atom. The Morgan fingerprint density at radius 1 is 1.03 bits per heavy atom. The molecule has 3 aromatic rings. The lowest BCUT2D eigenvalue weighted by Gasteiger charge is -2.35. The largest absolute Gasteiger partial charge is 0.508 e. The third-order valence-corrected chi connectivity index (χ3v) is 6.30. The summed E-state index contributed by atoms with van der Waals surface area (Å²) in [5, 5.41) is 19.7. The summed E-state index contributed by atoms with van der Waals surface area (Å²) in [6.07, 6.45) is -2.31. The fraction of sp³-hybridized carbons (Fsp3) is 0.269. The molecule has 0 radical (unpaired) electrons. The summed E-state index contributed by atoms with van der Waals surface area (Å²) in [4.78, 5) is 30.6. The van der Waals surface area contributed by atoms with Crippen LogP contribution in [0.4, 0.5) is 29.1 Å². The molecular formula is C26H24F4N4O4. The standard InChI is InChI=1S/C24H23FN4O2.C2HF3O2/c25-18-6-4-17(5-7-18)24(31)27-19-8-9-26-23(11-19)29-15-20-12-21(29)14-28(20)13-16-2-1-3-22(30)10-16;3-2(4,5)1(6)7/h1-11,20-21,30H,12-15H2,(H,26,27,31);(H,6,7). The van der Waals surface area contributed by atoms with Gasteiger partial charge in [0.1, 0.15) is 17.4 Å². The summed E-state index contributed by atoms with van der Waals surface area (Å²) >= 11 is 0. The molecule has 12 heteroatoms. The molecule has 2 aliphatic heterocycles. The average molecular weight is 532 g/mol. The van der Waals surface area contributed by atoms with Gasteiger partial charge in [0.05, 0.1) is 0 Å². The van der Waals surface area contributed by atoms with E-state index >= 15 is 0 Å². The number of piperazine rings is 1. The number of fused-ring (bicyclic) bond motifs is 2. The zero-order valence-electron chi connectivity index (χ0n) is 19.9. The molecule has 0 spiro atoms. The summed E-state index contributed by atoms with van der Waals surface area (Å²) < 4.78 is 44.8. The van der Waals surface area contributed by atoms with Crippen LogP contribution >= 0.6 is 0 Å². The fourth-order valence-electron chi connectivity index (χ4n) is 4.57. The maximum absolute atomic E-state index is 13.1.